The maximum absolute atomic E-state index is 15.2. The van der Waals surface area contributed by atoms with E-state index in [1.54, 1.807) is 42.5 Å². The summed E-state index contributed by atoms with van der Waals surface area (Å²) in [5, 5.41) is 13.8. The highest BCUT2D eigenvalue weighted by atomic mass is 79.9. The zero-order valence-corrected chi connectivity index (χ0v) is 28.0. The minimum Gasteiger partial charge on any atom is -0.508 e. The van der Waals surface area contributed by atoms with Crippen LogP contribution in [0, 0.1) is 23.7 Å². The van der Waals surface area contributed by atoms with Gasteiger partial charge < -0.3 is 5.11 Å². The molecule has 1 N–H and O–H groups in total. The Morgan fingerprint density at radius 2 is 1.70 bits per heavy atom. The summed E-state index contributed by atoms with van der Waals surface area (Å²) >= 11 is 11.4. The van der Waals surface area contributed by atoms with Crippen molar-refractivity contribution in [2.24, 2.45) is 23.7 Å². The first-order valence-electron chi connectivity index (χ1n) is 15.5. The van der Waals surface area contributed by atoms with Crippen LogP contribution in [0.1, 0.15) is 34.8 Å². The van der Waals surface area contributed by atoms with Gasteiger partial charge in [-0.05, 0) is 72.2 Å². The first-order chi connectivity index (χ1) is 22.7. The van der Waals surface area contributed by atoms with Crippen LogP contribution in [0.2, 0.25) is 5.02 Å². The number of phenolic OH excluding ortho intramolecular Hbond substituents is 1. The molecule has 1 aromatic heterocycles. The average molecular weight is 728 g/mol. The van der Waals surface area contributed by atoms with Gasteiger partial charge in [0.25, 0.3) is 0 Å². The van der Waals surface area contributed by atoms with E-state index in [0.717, 1.165) is 10.5 Å². The third kappa shape index (κ3) is 4.43. The molecule has 4 amide bonds. The first-order valence-corrected chi connectivity index (χ1v) is 17.5. The number of carbonyl (C=O) groups excluding carboxylic acids is 4. The number of imide groups is 2. The molecule has 236 valence electrons. The number of rotatable bonds is 5. The molecular weight excluding hydrogens is 700 g/mol. The van der Waals surface area contributed by atoms with Crippen molar-refractivity contribution in [3.63, 3.8) is 0 Å². The summed E-state index contributed by atoms with van der Waals surface area (Å²) in [4.78, 5) is 61.5. The molecule has 3 fully saturated rings. The zero-order valence-electron chi connectivity index (χ0n) is 24.9. The van der Waals surface area contributed by atoms with Crippen LogP contribution >= 0.6 is 38.9 Å². The van der Waals surface area contributed by atoms with Gasteiger partial charge in [-0.2, -0.15) is 0 Å². The van der Waals surface area contributed by atoms with Gasteiger partial charge in [-0.3, -0.25) is 24.1 Å². The van der Waals surface area contributed by atoms with Gasteiger partial charge >= 0.3 is 0 Å². The van der Waals surface area contributed by atoms with Crippen molar-refractivity contribution in [2.75, 3.05) is 4.90 Å². The van der Waals surface area contributed by atoms with E-state index in [4.69, 9.17) is 11.6 Å². The molecular formula is C37H28BrClN2O5S. The molecule has 2 aliphatic carbocycles. The molecule has 4 aliphatic rings. The summed E-state index contributed by atoms with van der Waals surface area (Å²) in [6.45, 7) is 0.206. The maximum Gasteiger partial charge on any atom is 0.246 e. The Morgan fingerprint density at radius 1 is 0.894 bits per heavy atom. The van der Waals surface area contributed by atoms with Crippen LogP contribution in [0.25, 0.3) is 0 Å². The van der Waals surface area contributed by atoms with E-state index in [1.807, 2.05) is 53.9 Å². The molecule has 10 heteroatoms. The number of hydrogen-bond donors (Lipinski definition) is 1. The number of nitrogens with zero attached hydrogens (tertiary/aromatic N) is 2. The van der Waals surface area contributed by atoms with Crippen LogP contribution in [0.3, 0.4) is 0 Å². The third-order valence-electron chi connectivity index (χ3n) is 10.5. The van der Waals surface area contributed by atoms with Crippen LogP contribution in [0.15, 0.2) is 106 Å². The van der Waals surface area contributed by atoms with Crippen molar-refractivity contribution in [3.05, 3.63) is 127 Å². The summed E-state index contributed by atoms with van der Waals surface area (Å²) in [5.74, 6) is -4.74. The fourth-order valence-electron chi connectivity index (χ4n) is 8.62. The Kier molecular flexibility index (Phi) is 7.27. The van der Waals surface area contributed by atoms with Gasteiger partial charge in [0.15, 0.2) is 0 Å². The molecule has 6 atom stereocenters. The average Bonchev–Trinajstić information content (AvgIpc) is 3.73. The summed E-state index contributed by atoms with van der Waals surface area (Å²) in [6, 6.07) is 24.8. The predicted octanol–water partition coefficient (Wildman–Crippen LogP) is 7.23. The predicted molar refractivity (Wildman–Crippen MR) is 182 cm³/mol. The molecule has 4 aromatic rings. The Balaban J connectivity index is 1.35. The lowest BCUT2D eigenvalue weighted by Crippen LogP contribution is -2.53. The smallest absolute Gasteiger partial charge is 0.246 e. The lowest BCUT2D eigenvalue weighted by Gasteiger charge is -2.50. The standard InChI is InChI=1S/C37H28BrClN2O5S/c38-21-11-14-30(42)28(16-21)32-25-12-13-26-31(35(45)40(33(26)43)19-24-10-5-15-47-24)27(25)18-29-34(44)41(23-9-4-8-22(39)17-23)36(46)37(29,32)20-6-2-1-3-7-20/h1-12,14-17,26-27,29,31-32,42H,13,18-19H2. The third-order valence-corrected chi connectivity index (χ3v) is 12.0. The van der Waals surface area contributed by atoms with Gasteiger partial charge in [-0.1, -0.05) is 81.6 Å². The highest BCUT2D eigenvalue weighted by molar-refractivity contribution is 9.10. The molecule has 3 aromatic carbocycles. The molecule has 2 aliphatic heterocycles. The van der Waals surface area contributed by atoms with E-state index in [1.165, 1.54) is 21.1 Å². The SMILES string of the molecule is O=C1C2CC=C3C(CC4C(=O)N(c5cccc(Cl)c5)C(=O)C4(c4ccccc4)C3c3cc(Br)ccc3O)C2C(=O)N1Cc1cccs1. The van der Waals surface area contributed by atoms with E-state index in [2.05, 4.69) is 15.9 Å². The second-order valence-corrected chi connectivity index (χ2v) is 15.0. The Hall–Kier alpha value is -4.05. The number of thiophene rings is 1. The van der Waals surface area contributed by atoms with E-state index >= 15 is 4.79 Å². The van der Waals surface area contributed by atoms with Crippen LogP contribution < -0.4 is 4.90 Å². The topological polar surface area (TPSA) is 95.0 Å². The molecule has 0 radical (unpaired) electrons. The van der Waals surface area contributed by atoms with Crippen molar-refractivity contribution in [1.29, 1.82) is 0 Å². The second kappa shape index (κ2) is 11.3. The van der Waals surface area contributed by atoms with Gasteiger partial charge in [0.2, 0.25) is 23.6 Å². The van der Waals surface area contributed by atoms with Crippen molar-refractivity contribution in [1.82, 2.24) is 4.90 Å². The zero-order chi connectivity index (χ0) is 32.6. The fourth-order valence-corrected chi connectivity index (χ4v) is 9.88. The molecule has 3 heterocycles. The highest BCUT2D eigenvalue weighted by Crippen LogP contribution is 2.65. The van der Waals surface area contributed by atoms with E-state index in [-0.39, 0.29) is 30.5 Å². The number of allylic oxidation sites excluding steroid dienone is 2. The molecule has 1 saturated carbocycles. The number of phenols is 1. The lowest BCUT2D eigenvalue weighted by molar-refractivity contribution is -0.141. The number of hydrogen-bond acceptors (Lipinski definition) is 6. The Labute approximate surface area is 288 Å². The van der Waals surface area contributed by atoms with Crippen LogP contribution in [0.5, 0.6) is 5.75 Å². The molecule has 6 unspecified atom stereocenters. The molecule has 0 bridgehead atoms. The summed E-state index contributed by atoms with van der Waals surface area (Å²) < 4.78 is 0.694. The molecule has 0 spiro atoms. The Bertz CT molecular complexity index is 2000. The minimum atomic E-state index is -1.45. The van der Waals surface area contributed by atoms with Gasteiger partial charge in [0.05, 0.1) is 35.4 Å². The summed E-state index contributed by atoms with van der Waals surface area (Å²) in [5.41, 5.74) is 0.832. The fraction of sp³-hybridized carbons (Fsp3) is 0.243. The monoisotopic (exact) mass is 726 g/mol. The van der Waals surface area contributed by atoms with Gasteiger partial charge in [-0.25, -0.2) is 4.90 Å². The number of aromatic hydroxyl groups is 1. The minimum absolute atomic E-state index is 0.0227. The summed E-state index contributed by atoms with van der Waals surface area (Å²) in [6.07, 6.45) is 2.51. The van der Waals surface area contributed by atoms with E-state index < -0.39 is 46.8 Å². The van der Waals surface area contributed by atoms with Gasteiger partial charge in [0, 0.05) is 25.9 Å². The molecule has 7 nitrogen and oxygen atoms in total. The van der Waals surface area contributed by atoms with Gasteiger partial charge in [0.1, 0.15) is 5.75 Å². The number of carbonyl (C=O) groups is 4. The van der Waals surface area contributed by atoms with Crippen LogP contribution in [0.4, 0.5) is 5.69 Å². The van der Waals surface area contributed by atoms with Crippen molar-refractivity contribution >= 4 is 68.2 Å². The largest absolute Gasteiger partial charge is 0.508 e. The van der Waals surface area contributed by atoms with Crippen LogP contribution in [-0.4, -0.2) is 33.6 Å². The molecule has 47 heavy (non-hydrogen) atoms. The van der Waals surface area contributed by atoms with Crippen LogP contribution in [-0.2, 0) is 31.1 Å². The van der Waals surface area contributed by atoms with Crippen molar-refractivity contribution in [3.8, 4) is 5.75 Å². The number of anilines is 1. The van der Waals surface area contributed by atoms with Crippen molar-refractivity contribution in [2.45, 2.75) is 30.7 Å². The number of halogens is 2. The van der Waals surface area contributed by atoms with Crippen molar-refractivity contribution < 1.29 is 24.3 Å². The first kappa shape index (κ1) is 30.3. The van der Waals surface area contributed by atoms with E-state index in [0.29, 0.717) is 32.7 Å². The van der Waals surface area contributed by atoms with E-state index in [9.17, 15) is 19.5 Å². The molecule has 8 rings (SSSR count). The normalized spacial score (nSPS) is 28.3. The Morgan fingerprint density at radius 3 is 2.45 bits per heavy atom. The second-order valence-electron chi connectivity index (χ2n) is 12.6. The number of benzene rings is 3. The maximum atomic E-state index is 15.2. The quantitative estimate of drug-likeness (QED) is 0.173. The molecule has 2 saturated heterocycles. The summed E-state index contributed by atoms with van der Waals surface area (Å²) in [7, 11) is 0. The number of fused-ring (bicyclic) bond motifs is 4. The van der Waals surface area contributed by atoms with Gasteiger partial charge in [-0.15, -0.1) is 11.3 Å². The highest BCUT2D eigenvalue weighted by Gasteiger charge is 2.70. The number of likely N-dealkylation sites (tertiary alicyclic amines) is 1. The number of amides is 4. The lowest BCUT2D eigenvalue weighted by atomic mass is 9.49.